The van der Waals surface area contributed by atoms with Gasteiger partial charge in [-0.1, -0.05) is 18.5 Å². The molecule has 1 aromatic rings. The summed E-state index contributed by atoms with van der Waals surface area (Å²) in [6.07, 6.45) is 2.22. The van der Waals surface area contributed by atoms with Crippen LogP contribution < -0.4 is 14.8 Å². The van der Waals surface area contributed by atoms with Gasteiger partial charge in [0.1, 0.15) is 5.57 Å². The van der Waals surface area contributed by atoms with Crippen LogP contribution in [-0.2, 0) is 9.59 Å². The first-order chi connectivity index (χ1) is 11.8. The predicted octanol–water partition coefficient (Wildman–Crippen LogP) is 2.78. The number of methoxy groups -OCH3 is 1. The molecule has 1 N–H and O–H groups in total. The molecule has 2 rings (SSSR count). The standard InChI is InChI=1S/C17H19ClN2O4S/c1-5-9(2)24-14-12(18)7-10(8-13(14)23-4)6-11-15(21)19-17(25)20(3)16(11)22/h6-9H,5H2,1-4H3,(H,19,21,25). The number of carbonyl (C=O) groups is 2. The second-order valence-corrected chi connectivity index (χ2v) is 6.35. The van der Waals surface area contributed by atoms with Gasteiger partial charge in [0, 0.05) is 7.05 Å². The van der Waals surface area contributed by atoms with Crippen molar-refractivity contribution in [2.75, 3.05) is 14.2 Å². The molecule has 25 heavy (non-hydrogen) atoms. The lowest BCUT2D eigenvalue weighted by molar-refractivity contribution is -0.128. The van der Waals surface area contributed by atoms with Gasteiger partial charge in [-0.05, 0) is 49.3 Å². The van der Waals surface area contributed by atoms with Gasteiger partial charge in [-0.3, -0.25) is 19.8 Å². The van der Waals surface area contributed by atoms with Crippen LogP contribution >= 0.6 is 23.8 Å². The first-order valence-electron chi connectivity index (χ1n) is 7.67. The Kier molecular flexibility index (Phi) is 6.02. The molecule has 8 heteroatoms. The molecule has 0 spiro atoms. The maximum Gasteiger partial charge on any atom is 0.265 e. The highest BCUT2D eigenvalue weighted by Gasteiger charge is 2.30. The van der Waals surface area contributed by atoms with Crippen molar-refractivity contribution >= 4 is 46.8 Å². The number of nitrogens with one attached hydrogen (secondary N) is 1. The molecule has 134 valence electrons. The van der Waals surface area contributed by atoms with Gasteiger partial charge in [0.2, 0.25) is 0 Å². The smallest absolute Gasteiger partial charge is 0.265 e. The summed E-state index contributed by atoms with van der Waals surface area (Å²) in [6, 6.07) is 3.27. The molecule has 0 aliphatic carbocycles. The summed E-state index contributed by atoms with van der Waals surface area (Å²) in [5.74, 6) is -0.183. The molecule has 1 aliphatic heterocycles. The van der Waals surface area contributed by atoms with Crippen LogP contribution in [0.25, 0.3) is 6.08 Å². The van der Waals surface area contributed by atoms with Gasteiger partial charge < -0.3 is 9.47 Å². The zero-order valence-electron chi connectivity index (χ0n) is 14.4. The van der Waals surface area contributed by atoms with Gasteiger partial charge in [-0.25, -0.2) is 0 Å². The third kappa shape index (κ3) is 4.11. The number of amides is 2. The number of thiocarbonyl (C=S) groups is 1. The van der Waals surface area contributed by atoms with E-state index in [4.69, 9.17) is 33.3 Å². The van der Waals surface area contributed by atoms with Gasteiger partial charge >= 0.3 is 0 Å². The van der Waals surface area contributed by atoms with Crippen LogP contribution in [0.5, 0.6) is 11.5 Å². The van der Waals surface area contributed by atoms with Crippen LogP contribution in [0.1, 0.15) is 25.8 Å². The Morgan fingerprint density at radius 2 is 2.08 bits per heavy atom. The van der Waals surface area contributed by atoms with Crippen molar-refractivity contribution in [3.05, 3.63) is 28.3 Å². The van der Waals surface area contributed by atoms with Crippen molar-refractivity contribution in [1.82, 2.24) is 10.2 Å². The first-order valence-corrected chi connectivity index (χ1v) is 8.46. The monoisotopic (exact) mass is 382 g/mol. The second kappa shape index (κ2) is 7.84. The van der Waals surface area contributed by atoms with E-state index in [1.807, 2.05) is 13.8 Å². The Balaban J connectivity index is 2.43. The minimum absolute atomic E-state index is 0.0315. The summed E-state index contributed by atoms with van der Waals surface area (Å²) in [6.45, 7) is 3.92. The van der Waals surface area contributed by atoms with Gasteiger partial charge in [-0.15, -0.1) is 0 Å². The third-order valence-corrected chi connectivity index (χ3v) is 4.42. The average Bonchev–Trinajstić information content (AvgIpc) is 2.58. The average molecular weight is 383 g/mol. The van der Waals surface area contributed by atoms with Crippen molar-refractivity contribution in [1.29, 1.82) is 0 Å². The normalized spacial score (nSPS) is 17.6. The molecule has 1 heterocycles. The van der Waals surface area contributed by atoms with Crippen LogP contribution in [0.2, 0.25) is 5.02 Å². The summed E-state index contributed by atoms with van der Waals surface area (Å²) in [5.41, 5.74) is 0.503. The Hall–Kier alpha value is -2.12. The number of carbonyl (C=O) groups excluding carboxylic acids is 2. The summed E-state index contributed by atoms with van der Waals surface area (Å²) in [7, 11) is 2.99. The Labute approximate surface area is 156 Å². The number of hydrogen-bond donors (Lipinski definition) is 1. The van der Waals surface area contributed by atoms with Gasteiger partial charge in [0.05, 0.1) is 18.2 Å². The number of ether oxygens (including phenoxy) is 2. The number of benzene rings is 1. The SMILES string of the molecule is CCC(C)Oc1c(Cl)cc(C=C2C(=O)NC(=S)N(C)C2=O)cc1OC. The van der Waals surface area contributed by atoms with Crippen LogP contribution in [0.4, 0.5) is 0 Å². The number of rotatable bonds is 5. The van der Waals surface area contributed by atoms with Crippen molar-refractivity contribution < 1.29 is 19.1 Å². The van der Waals surface area contributed by atoms with Crippen molar-refractivity contribution in [3.8, 4) is 11.5 Å². The minimum Gasteiger partial charge on any atom is -0.493 e. The van der Waals surface area contributed by atoms with Crippen molar-refractivity contribution in [3.63, 3.8) is 0 Å². The highest BCUT2D eigenvalue weighted by Crippen LogP contribution is 2.38. The lowest BCUT2D eigenvalue weighted by Crippen LogP contribution is -2.52. The molecule has 0 radical (unpaired) electrons. The lowest BCUT2D eigenvalue weighted by Gasteiger charge is -2.25. The molecule has 2 amide bonds. The van der Waals surface area contributed by atoms with E-state index in [1.54, 1.807) is 12.1 Å². The molecular formula is C17H19ClN2O4S. The minimum atomic E-state index is -0.553. The van der Waals surface area contributed by atoms with Crippen LogP contribution in [0.15, 0.2) is 17.7 Å². The Morgan fingerprint density at radius 3 is 2.68 bits per heavy atom. The predicted molar refractivity (Wildman–Crippen MR) is 99.9 cm³/mol. The summed E-state index contributed by atoms with van der Waals surface area (Å²) >= 11 is 11.2. The van der Waals surface area contributed by atoms with Crippen LogP contribution in [0, 0.1) is 0 Å². The molecule has 1 fully saturated rings. The molecule has 0 bridgehead atoms. The molecule has 1 aromatic carbocycles. The zero-order valence-corrected chi connectivity index (χ0v) is 16.0. The zero-order chi connectivity index (χ0) is 18.7. The van der Waals surface area contributed by atoms with E-state index in [9.17, 15) is 9.59 Å². The fourth-order valence-electron chi connectivity index (χ4n) is 2.13. The number of nitrogens with zero attached hydrogens (tertiary/aromatic N) is 1. The van der Waals surface area contributed by atoms with Crippen molar-refractivity contribution in [2.45, 2.75) is 26.4 Å². The lowest BCUT2D eigenvalue weighted by atomic mass is 10.1. The molecule has 1 saturated heterocycles. The van der Waals surface area contributed by atoms with Crippen molar-refractivity contribution in [2.24, 2.45) is 0 Å². The highest BCUT2D eigenvalue weighted by atomic mass is 35.5. The van der Waals surface area contributed by atoms with E-state index in [-0.39, 0.29) is 16.8 Å². The number of halogens is 1. The van der Waals surface area contributed by atoms with E-state index in [2.05, 4.69) is 5.32 Å². The summed E-state index contributed by atoms with van der Waals surface area (Å²) in [5, 5.41) is 2.86. The Bertz CT molecular complexity index is 763. The van der Waals surface area contributed by atoms with Gasteiger partial charge in [0.15, 0.2) is 16.6 Å². The second-order valence-electron chi connectivity index (χ2n) is 5.55. The van der Waals surface area contributed by atoms with Crippen LogP contribution in [-0.4, -0.2) is 42.1 Å². The third-order valence-electron chi connectivity index (χ3n) is 3.76. The summed E-state index contributed by atoms with van der Waals surface area (Å²) in [4.78, 5) is 25.5. The van der Waals surface area contributed by atoms with E-state index in [0.717, 1.165) is 6.42 Å². The first kappa shape index (κ1) is 19.2. The van der Waals surface area contributed by atoms with Crippen LogP contribution in [0.3, 0.4) is 0 Å². The largest absolute Gasteiger partial charge is 0.493 e. The topological polar surface area (TPSA) is 67.9 Å². The molecular weight excluding hydrogens is 364 g/mol. The molecule has 1 aliphatic rings. The molecule has 0 aromatic heterocycles. The number of hydrogen-bond acceptors (Lipinski definition) is 5. The van der Waals surface area contributed by atoms with Gasteiger partial charge in [0.25, 0.3) is 11.8 Å². The highest BCUT2D eigenvalue weighted by molar-refractivity contribution is 7.80. The summed E-state index contributed by atoms with van der Waals surface area (Å²) < 4.78 is 11.1. The Morgan fingerprint density at radius 1 is 1.40 bits per heavy atom. The molecule has 1 unspecified atom stereocenters. The van der Waals surface area contributed by atoms with Gasteiger partial charge in [-0.2, -0.15) is 0 Å². The van der Waals surface area contributed by atoms with E-state index in [1.165, 1.54) is 25.1 Å². The maximum absolute atomic E-state index is 12.3. The molecule has 6 nitrogen and oxygen atoms in total. The molecule has 0 saturated carbocycles. The van der Waals surface area contributed by atoms with E-state index < -0.39 is 11.8 Å². The fraction of sp³-hybridized carbons (Fsp3) is 0.353. The van der Waals surface area contributed by atoms with E-state index in [0.29, 0.717) is 22.1 Å². The number of likely N-dealkylation sites (N-methyl/N-ethyl adjacent to an activating group) is 1. The fourth-order valence-corrected chi connectivity index (χ4v) is 2.57. The quantitative estimate of drug-likeness (QED) is 0.482. The van der Waals surface area contributed by atoms with E-state index >= 15 is 0 Å². The molecule has 1 atom stereocenters. The maximum atomic E-state index is 12.3.